The van der Waals surface area contributed by atoms with Crippen LogP contribution in [0.5, 0.6) is 0 Å². The van der Waals surface area contributed by atoms with Crippen LogP contribution in [0.3, 0.4) is 0 Å². The van der Waals surface area contributed by atoms with Gasteiger partial charge in [0.05, 0.1) is 15.3 Å². The van der Waals surface area contributed by atoms with E-state index in [4.69, 9.17) is 5.73 Å². The number of hydrogen-bond donors (Lipinski definition) is 1. The Morgan fingerprint density at radius 3 is 2.71 bits per heavy atom. The SMILES string of the molecule is Cc1ccc(-c2sc(C)nc2C(=O)N2[C@H]3CCC[C@]3(C(N)=O)C[C@@H]2C)c(C)c1. The zero-order valence-electron chi connectivity index (χ0n) is 16.9. The van der Waals surface area contributed by atoms with E-state index in [0.29, 0.717) is 12.1 Å². The third-order valence-corrected chi connectivity index (χ3v) is 7.50. The molecule has 28 heavy (non-hydrogen) atoms. The fourth-order valence-corrected chi connectivity index (χ4v) is 6.31. The number of carbonyl (C=O) groups is 2. The number of fused-ring (bicyclic) bond motifs is 1. The van der Waals surface area contributed by atoms with Crippen molar-refractivity contribution in [3.05, 3.63) is 40.0 Å². The van der Waals surface area contributed by atoms with Gasteiger partial charge in [0.1, 0.15) is 5.69 Å². The number of carbonyl (C=O) groups excluding carboxylic acids is 2. The van der Waals surface area contributed by atoms with Gasteiger partial charge in [-0.1, -0.05) is 30.2 Å². The summed E-state index contributed by atoms with van der Waals surface area (Å²) in [5.41, 5.74) is 9.13. The second kappa shape index (κ2) is 6.69. The van der Waals surface area contributed by atoms with Crippen LogP contribution in [-0.2, 0) is 4.79 Å². The standard InChI is InChI=1S/C22H27N3O2S/c1-12-7-8-16(13(2)10-12)19-18(24-15(4)28-19)20(26)25-14(3)11-22(21(23)27)9-5-6-17(22)25/h7-8,10,14,17H,5-6,9,11H2,1-4H3,(H2,23,27)/t14-,17-,22-/m0/s1. The van der Waals surface area contributed by atoms with Crippen LogP contribution in [0.4, 0.5) is 0 Å². The van der Waals surface area contributed by atoms with Crippen LogP contribution in [0.25, 0.3) is 10.4 Å². The zero-order valence-corrected chi connectivity index (χ0v) is 17.7. The van der Waals surface area contributed by atoms with Crippen molar-refractivity contribution in [3.8, 4) is 10.4 Å². The minimum absolute atomic E-state index is 0.0146. The lowest BCUT2D eigenvalue weighted by Crippen LogP contribution is -2.46. The van der Waals surface area contributed by atoms with Crippen molar-refractivity contribution < 1.29 is 9.59 Å². The first kappa shape index (κ1) is 19.1. The van der Waals surface area contributed by atoms with Crippen LogP contribution < -0.4 is 5.73 Å². The van der Waals surface area contributed by atoms with E-state index in [1.54, 1.807) is 11.3 Å². The maximum Gasteiger partial charge on any atom is 0.274 e. The minimum Gasteiger partial charge on any atom is -0.369 e. The molecule has 6 heteroatoms. The van der Waals surface area contributed by atoms with E-state index >= 15 is 0 Å². The first-order chi connectivity index (χ1) is 13.2. The van der Waals surface area contributed by atoms with Crippen LogP contribution in [0, 0.1) is 26.2 Å². The highest BCUT2D eigenvalue weighted by molar-refractivity contribution is 7.15. The summed E-state index contributed by atoms with van der Waals surface area (Å²) in [5.74, 6) is -0.330. The monoisotopic (exact) mass is 397 g/mol. The summed E-state index contributed by atoms with van der Waals surface area (Å²) in [5, 5.41) is 0.873. The molecule has 1 aromatic carbocycles. The Kier molecular flexibility index (Phi) is 4.57. The van der Waals surface area contributed by atoms with Crippen LogP contribution in [0.15, 0.2) is 18.2 Å². The minimum atomic E-state index is -0.569. The van der Waals surface area contributed by atoms with Crippen LogP contribution in [0.2, 0.25) is 0 Å². The molecule has 0 radical (unpaired) electrons. The lowest BCUT2D eigenvalue weighted by molar-refractivity contribution is -0.127. The van der Waals surface area contributed by atoms with Crippen molar-refractivity contribution in [3.63, 3.8) is 0 Å². The van der Waals surface area contributed by atoms with Gasteiger partial charge < -0.3 is 10.6 Å². The van der Waals surface area contributed by atoms with Gasteiger partial charge in [-0.2, -0.15) is 0 Å². The van der Waals surface area contributed by atoms with Crippen molar-refractivity contribution >= 4 is 23.2 Å². The lowest BCUT2D eigenvalue weighted by atomic mass is 9.80. The summed E-state index contributed by atoms with van der Waals surface area (Å²) in [6.45, 7) is 8.09. The summed E-state index contributed by atoms with van der Waals surface area (Å²) >= 11 is 1.56. The summed E-state index contributed by atoms with van der Waals surface area (Å²) in [6, 6.07) is 6.15. The number of primary amides is 1. The number of aryl methyl sites for hydroxylation is 3. The number of nitrogens with zero attached hydrogens (tertiary/aromatic N) is 2. The van der Waals surface area contributed by atoms with Crippen molar-refractivity contribution in [2.24, 2.45) is 11.1 Å². The van der Waals surface area contributed by atoms with Gasteiger partial charge in [-0.05, 0) is 58.1 Å². The van der Waals surface area contributed by atoms with E-state index in [-0.39, 0.29) is 23.9 Å². The normalized spacial score (nSPS) is 26.5. The molecule has 3 atom stereocenters. The van der Waals surface area contributed by atoms with Gasteiger partial charge in [-0.25, -0.2) is 4.98 Å². The van der Waals surface area contributed by atoms with E-state index in [1.165, 1.54) is 5.56 Å². The van der Waals surface area contributed by atoms with Gasteiger partial charge in [0.15, 0.2) is 0 Å². The third kappa shape index (κ3) is 2.77. The van der Waals surface area contributed by atoms with E-state index < -0.39 is 5.41 Å². The molecule has 5 nitrogen and oxygen atoms in total. The van der Waals surface area contributed by atoms with E-state index in [9.17, 15) is 9.59 Å². The maximum atomic E-state index is 13.7. The molecule has 148 valence electrons. The number of hydrogen-bond acceptors (Lipinski definition) is 4. The fourth-order valence-electron chi connectivity index (χ4n) is 5.30. The number of thiazole rings is 1. The fraction of sp³-hybridized carbons (Fsp3) is 0.500. The first-order valence-corrected chi connectivity index (χ1v) is 10.7. The summed E-state index contributed by atoms with van der Waals surface area (Å²) in [6.07, 6.45) is 3.20. The van der Waals surface area contributed by atoms with Crippen molar-refractivity contribution in [2.45, 2.75) is 65.5 Å². The molecule has 2 amide bonds. The summed E-state index contributed by atoms with van der Waals surface area (Å²) < 4.78 is 0. The molecule has 0 unspecified atom stereocenters. The van der Waals surface area contributed by atoms with Gasteiger partial charge in [0.25, 0.3) is 5.91 Å². The second-order valence-corrected chi connectivity index (χ2v) is 9.63. The van der Waals surface area contributed by atoms with Crippen molar-refractivity contribution in [2.75, 3.05) is 0 Å². The molecule has 1 saturated heterocycles. The van der Waals surface area contributed by atoms with Crippen LogP contribution in [-0.4, -0.2) is 33.8 Å². The van der Waals surface area contributed by atoms with Crippen LogP contribution in [0.1, 0.15) is 59.2 Å². The molecular formula is C22H27N3O2S. The average Bonchev–Trinajstić information content (AvgIpc) is 3.26. The van der Waals surface area contributed by atoms with E-state index in [2.05, 4.69) is 37.0 Å². The highest BCUT2D eigenvalue weighted by Gasteiger charge is 2.58. The largest absolute Gasteiger partial charge is 0.369 e. The Balaban J connectivity index is 1.76. The summed E-state index contributed by atoms with van der Waals surface area (Å²) in [4.78, 5) is 33.4. The van der Waals surface area contributed by atoms with E-state index in [1.807, 2.05) is 18.7 Å². The van der Waals surface area contributed by atoms with Gasteiger partial charge in [0.2, 0.25) is 5.91 Å². The third-order valence-electron chi connectivity index (χ3n) is 6.50. The molecule has 2 aliphatic rings. The Labute approximate surface area is 170 Å². The molecule has 2 aromatic rings. The zero-order chi connectivity index (χ0) is 20.2. The van der Waals surface area contributed by atoms with Gasteiger partial charge in [-0.15, -0.1) is 11.3 Å². The molecule has 1 aliphatic carbocycles. The molecule has 4 rings (SSSR count). The smallest absolute Gasteiger partial charge is 0.274 e. The Bertz CT molecular complexity index is 967. The molecule has 1 aromatic heterocycles. The predicted octanol–water partition coefficient (Wildman–Crippen LogP) is 3.99. The Morgan fingerprint density at radius 2 is 2.04 bits per heavy atom. The highest BCUT2D eigenvalue weighted by atomic mass is 32.1. The van der Waals surface area contributed by atoms with Gasteiger partial charge in [-0.3, -0.25) is 9.59 Å². The quantitative estimate of drug-likeness (QED) is 0.851. The second-order valence-electron chi connectivity index (χ2n) is 8.42. The van der Waals surface area contributed by atoms with E-state index in [0.717, 1.165) is 40.3 Å². The summed E-state index contributed by atoms with van der Waals surface area (Å²) in [7, 11) is 0. The number of nitrogens with two attached hydrogens (primary N) is 1. The van der Waals surface area contributed by atoms with Gasteiger partial charge in [0, 0.05) is 12.1 Å². The Morgan fingerprint density at radius 1 is 1.29 bits per heavy atom. The maximum absolute atomic E-state index is 13.7. The molecule has 2 fully saturated rings. The topological polar surface area (TPSA) is 76.3 Å². The number of rotatable bonds is 3. The molecule has 1 aliphatic heterocycles. The molecule has 2 N–H and O–H groups in total. The molecule has 1 saturated carbocycles. The number of benzene rings is 1. The number of aromatic nitrogens is 1. The molecule has 0 spiro atoms. The number of likely N-dealkylation sites (tertiary alicyclic amines) is 1. The molecule has 2 heterocycles. The highest BCUT2D eigenvalue weighted by Crippen LogP contribution is 2.52. The Hall–Kier alpha value is -2.21. The molecule has 0 bridgehead atoms. The lowest BCUT2D eigenvalue weighted by Gasteiger charge is -2.30. The van der Waals surface area contributed by atoms with Crippen LogP contribution >= 0.6 is 11.3 Å². The first-order valence-electron chi connectivity index (χ1n) is 9.92. The number of amides is 2. The molecular weight excluding hydrogens is 370 g/mol. The van der Waals surface area contributed by atoms with Crippen molar-refractivity contribution in [1.82, 2.24) is 9.88 Å². The van der Waals surface area contributed by atoms with Gasteiger partial charge >= 0.3 is 0 Å². The van der Waals surface area contributed by atoms with Crippen molar-refractivity contribution in [1.29, 1.82) is 0 Å². The average molecular weight is 398 g/mol. The predicted molar refractivity (Wildman–Crippen MR) is 111 cm³/mol.